The Kier molecular flexibility index (Phi) is 4.46. The van der Waals surface area contributed by atoms with Gasteiger partial charge in [-0.05, 0) is 56.9 Å². The SMILES string of the molecule is CCN(C(=O)C1CCC1)c1ccc(NC(=O)C2CCC2)cc1. The van der Waals surface area contributed by atoms with Gasteiger partial charge in [-0.15, -0.1) is 0 Å². The molecule has 2 aliphatic carbocycles. The van der Waals surface area contributed by atoms with E-state index in [0.717, 1.165) is 43.5 Å². The second-order valence-corrected chi connectivity index (χ2v) is 6.37. The van der Waals surface area contributed by atoms with Gasteiger partial charge in [0.25, 0.3) is 0 Å². The summed E-state index contributed by atoms with van der Waals surface area (Å²) in [5.74, 6) is 0.752. The van der Waals surface area contributed by atoms with E-state index >= 15 is 0 Å². The summed E-state index contributed by atoms with van der Waals surface area (Å²) in [5, 5.41) is 2.96. The van der Waals surface area contributed by atoms with Crippen molar-refractivity contribution in [1.29, 1.82) is 0 Å². The van der Waals surface area contributed by atoms with Crippen LogP contribution in [0.5, 0.6) is 0 Å². The molecule has 0 radical (unpaired) electrons. The number of anilines is 2. The van der Waals surface area contributed by atoms with Crippen molar-refractivity contribution >= 4 is 23.2 Å². The van der Waals surface area contributed by atoms with Crippen LogP contribution in [0.25, 0.3) is 0 Å². The van der Waals surface area contributed by atoms with Crippen molar-refractivity contribution in [3.8, 4) is 0 Å². The topological polar surface area (TPSA) is 49.4 Å². The normalized spacial score (nSPS) is 18.2. The fourth-order valence-corrected chi connectivity index (χ4v) is 2.98. The smallest absolute Gasteiger partial charge is 0.230 e. The molecule has 118 valence electrons. The highest BCUT2D eigenvalue weighted by atomic mass is 16.2. The number of rotatable bonds is 5. The van der Waals surface area contributed by atoms with Crippen LogP contribution in [-0.4, -0.2) is 18.4 Å². The number of benzene rings is 1. The molecule has 4 heteroatoms. The lowest BCUT2D eigenvalue weighted by Gasteiger charge is -2.31. The van der Waals surface area contributed by atoms with Gasteiger partial charge in [0, 0.05) is 29.8 Å². The highest BCUT2D eigenvalue weighted by molar-refractivity contribution is 5.96. The first-order valence-corrected chi connectivity index (χ1v) is 8.41. The first-order chi connectivity index (χ1) is 10.7. The molecule has 1 aromatic carbocycles. The molecule has 22 heavy (non-hydrogen) atoms. The van der Waals surface area contributed by atoms with Gasteiger partial charge in [0.1, 0.15) is 0 Å². The lowest BCUT2D eigenvalue weighted by molar-refractivity contribution is -0.124. The van der Waals surface area contributed by atoms with Gasteiger partial charge in [-0.1, -0.05) is 12.8 Å². The monoisotopic (exact) mass is 300 g/mol. The number of nitrogens with one attached hydrogen (secondary N) is 1. The van der Waals surface area contributed by atoms with Gasteiger partial charge in [-0.25, -0.2) is 0 Å². The van der Waals surface area contributed by atoms with Gasteiger partial charge in [-0.2, -0.15) is 0 Å². The van der Waals surface area contributed by atoms with Crippen LogP contribution in [0.1, 0.15) is 45.4 Å². The molecule has 0 unspecified atom stereocenters. The van der Waals surface area contributed by atoms with E-state index in [4.69, 9.17) is 0 Å². The van der Waals surface area contributed by atoms with Crippen molar-refractivity contribution in [3.63, 3.8) is 0 Å². The third-order valence-corrected chi connectivity index (χ3v) is 4.96. The van der Waals surface area contributed by atoms with Gasteiger partial charge < -0.3 is 10.2 Å². The van der Waals surface area contributed by atoms with Crippen molar-refractivity contribution in [2.45, 2.75) is 45.4 Å². The van der Waals surface area contributed by atoms with Crippen LogP contribution >= 0.6 is 0 Å². The zero-order valence-corrected chi connectivity index (χ0v) is 13.2. The highest BCUT2D eigenvalue weighted by Gasteiger charge is 2.29. The predicted octanol–water partition coefficient (Wildman–Crippen LogP) is 3.58. The summed E-state index contributed by atoms with van der Waals surface area (Å²) in [5.41, 5.74) is 1.73. The first-order valence-electron chi connectivity index (χ1n) is 8.41. The largest absolute Gasteiger partial charge is 0.326 e. The maximum Gasteiger partial charge on any atom is 0.230 e. The van der Waals surface area contributed by atoms with Crippen molar-refractivity contribution in [2.75, 3.05) is 16.8 Å². The molecule has 3 rings (SSSR count). The van der Waals surface area contributed by atoms with E-state index in [2.05, 4.69) is 5.32 Å². The number of carbonyl (C=O) groups excluding carboxylic acids is 2. The number of nitrogens with zero attached hydrogens (tertiary/aromatic N) is 1. The van der Waals surface area contributed by atoms with Crippen molar-refractivity contribution in [2.24, 2.45) is 11.8 Å². The molecule has 1 aromatic rings. The summed E-state index contributed by atoms with van der Waals surface area (Å²) in [4.78, 5) is 26.2. The van der Waals surface area contributed by atoms with Crippen LogP contribution in [0.4, 0.5) is 11.4 Å². The van der Waals surface area contributed by atoms with Crippen LogP contribution in [0.2, 0.25) is 0 Å². The molecule has 0 aliphatic heterocycles. The van der Waals surface area contributed by atoms with Crippen molar-refractivity contribution in [1.82, 2.24) is 0 Å². The second-order valence-electron chi connectivity index (χ2n) is 6.37. The summed E-state index contributed by atoms with van der Waals surface area (Å²) in [6.45, 7) is 2.69. The zero-order valence-electron chi connectivity index (χ0n) is 13.2. The van der Waals surface area contributed by atoms with Crippen LogP contribution in [0, 0.1) is 11.8 Å². The minimum atomic E-state index is 0.122. The molecule has 2 aliphatic rings. The second kappa shape index (κ2) is 6.51. The molecule has 0 atom stereocenters. The van der Waals surface area contributed by atoms with Crippen LogP contribution in [-0.2, 0) is 9.59 Å². The van der Waals surface area contributed by atoms with E-state index in [9.17, 15) is 9.59 Å². The Balaban J connectivity index is 1.64. The van der Waals surface area contributed by atoms with Crippen molar-refractivity contribution < 1.29 is 9.59 Å². The number of hydrogen-bond donors (Lipinski definition) is 1. The molecule has 1 N–H and O–H groups in total. The molecule has 0 heterocycles. The molecule has 0 spiro atoms. The Hall–Kier alpha value is -1.84. The molecule has 0 bridgehead atoms. The average Bonchev–Trinajstić information content (AvgIpc) is 2.37. The summed E-state index contributed by atoms with van der Waals surface area (Å²) < 4.78 is 0. The number of hydrogen-bond acceptors (Lipinski definition) is 2. The van der Waals surface area contributed by atoms with Crippen LogP contribution in [0.15, 0.2) is 24.3 Å². The summed E-state index contributed by atoms with van der Waals surface area (Å²) in [7, 11) is 0. The lowest BCUT2D eigenvalue weighted by atomic mass is 9.84. The van der Waals surface area contributed by atoms with Crippen LogP contribution in [0.3, 0.4) is 0 Å². The van der Waals surface area contributed by atoms with Gasteiger partial charge in [-0.3, -0.25) is 9.59 Å². The molecule has 4 nitrogen and oxygen atoms in total. The molecular formula is C18H24N2O2. The maximum atomic E-state index is 12.4. The highest BCUT2D eigenvalue weighted by Crippen LogP contribution is 2.31. The van der Waals surface area contributed by atoms with Gasteiger partial charge >= 0.3 is 0 Å². The van der Waals surface area contributed by atoms with Crippen molar-refractivity contribution in [3.05, 3.63) is 24.3 Å². The Morgan fingerprint density at radius 3 is 2.09 bits per heavy atom. The average molecular weight is 300 g/mol. The molecular weight excluding hydrogens is 276 g/mol. The first kappa shape index (κ1) is 15.1. The Bertz CT molecular complexity index is 545. The third-order valence-electron chi connectivity index (χ3n) is 4.96. The van der Waals surface area contributed by atoms with E-state index in [0.29, 0.717) is 6.54 Å². The molecule has 0 saturated heterocycles. The van der Waals surface area contributed by atoms with Gasteiger partial charge in [0.15, 0.2) is 0 Å². The standard InChI is InChI=1S/C18H24N2O2/c1-2-20(18(22)14-7-4-8-14)16-11-9-15(10-12-16)19-17(21)13-5-3-6-13/h9-14H,2-8H2,1H3,(H,19,21). The molecule has 2 amide bonds. The minimum absolute atomic E-state index is 0.122. The van der Waals surface area contributed by atoms with E-state index in [-0.39, 0.29) is 23.7 Å². The molecule has 0 aromatic heterocycles. The van der Waals surface area contributed by atoms with E-state index in [1.807, 2.05) is 36.1 Å². The van der Waals surface area contributed by atoms with E-state index in [1.54, 1.807) is 0 Å². The quantitative estimate of drug-likeness (QED) is 0.903. The lowest BCUT2D eigenvalue weighted by Crippen LogP contribution is -2.38. The van der Waals surface area contributed by atoms with Crippen LogP contribution < -0.4 is 10.2 Å². The van der Waals surface area contributed by atoms with E-state index in [1.165, 1.54) is 6.42 Å². The Morgan fingerprint density at radius 1 is 1.05 bits per heavy atom. The summed E-state index contributed by atoms with van der Waals surface area (Å²) in [6.07, 6.45) is 6.37. The predicted molar refractivity (Wildman–Crippen MR) is 87.8 cm³/mol. The third kappa shape index (κ3) is 3.01. The summed E-state index contributed by atoms with van der Waals surface area (Å²) in [6, 6.07) is 7.64. The number of amides is 2. The fourth-order valence-electron chi connectivity index (χ4n) is 2.98. The minimum Gasteiger partial charge on any atom is -0.326 e. The Morgan fingerprint density at radius 2 is 1.64 bits per heavy atom. The fraction of sp³-hybridized carbons (Fsp3) is 0.556. The van der Waals surface area contributed by atoms with E-state index < -0.39 is 0 Å². The maximum absolute atomic E-state index is 12.4. The zero-order chi connectivity index (χ0) is 15.5. The van der Waals surface area contributed by atoms with Gasteiger partial charge in [0.05, 0.1) is 0 Å². The Labute approximate surface area is 131 Å². The van der Waals surface area contributed by atoms with Gasteiger partial charge in [0.2, 0.25) is 11.8 Å². The summed E-state index contributed by atoms with van der Waals surface area (Å²) >= 11 is 0. The number of carbonyl (C=O) groups is 2. The molecule has 2 fully saturated rings. The molecule has 2 saturated carbocycles.